The molecule has 0 atom stereocenters. The van der Waals surface area contributed by atoms with E-state index in [1.54, 1.807) is 10.9 Å². The van der Waals surface area contributed by atoms with Crippen molar-refractivity contribution in [3.05, 3.63) is 52.8 Å². The predicted octanol–water partition coefficient (Wildman–Crippen LogP) is 2.73. The summed E-state index contributed by atoms with van der Waals surface area (Å²) < 4.78 is 6.66. The monoisotopic (exact) mass is 300 g/mol. The molecule has 116 valence electrons. The van der Waals surface area contributed by atoms with Crippen LogP contribution in [-0.4, -0.2) is 28.0 Å². The van der Waals surface area contributed by atoms with E-state index in [4.69, 9.17) is 4.74 Å². The number of carboxylic acids is 1. The molecule has 1 saturated carbocycles. The summed E-state index contributed by atoms with van der Waals surface area (Å²) in [5, 5.41) is 13.5. The number of hydrogen-bond acceptors (Lipinski definition) is 3. The molecular formula is C17H20N2O3. The molecule has 0 unspecified atom stereocenters. The number of carbonyl (C=O) groups is 1. The van der Waals surface area contributed by atoms with E-state index in [0.717, 1.165) is 11.5 Å². The van der Waals surface area contributed by atoms with Crippen LogP contribution in [0, 0.1) is 5.92 Å². The number of benzene rings is 1. The van der Waals surface area contributed by atoms with Crippen molar-refractivity contribution in [3.63, 3.8) is 0 Å². The zero-order valence-electron chi connectivity index (χ0n) is 12.7. The number of ether oxygens (including phenoxy) is 1. The van der Waals surface area contributed by atoms with Crippen LogP contribution >= 0.6 is 0 Å². The molecule has 0 radical (unpaired) electrons. The maximum atomic E-state index is 11.2. The van der Waals surface area contributed by atoms with Crippen LogP contribution in [0.4, 0.5) is 0 Å². The topological polar surface area (TPSA) is 64.4 Å². The minimum atomic E-state index is -0.974. The Bertz CT molecular complexity index is 657. The second-order valence-electron chi connectivity index (χ2n) is 5.89. The summed E-state index contributed by atoms with van der Waals surface area (Å²) in [5.74, 6) is -0.0928. The Morgan fingerprint density at radius 1 is 1.32 bits per heavy atom. The molecule has 2 aromatic rings. The van der Waals surface area contributed by atoms with Crippen molar-refractivity contribution in [3.8, 4) is 0 Å². The first kappa shape index (κ1) is 14.8. The number of methoxy groups -OCH3 is 1. The van der Waals surface area contributed by atoms with Gasteiger partial charge in [-0.15, -0.1) is 0 Å². The Labute approximate surface area is 129 Å². The van der Waals surface area contributed by atoms with Crippen LogP contribution in [0.25, 0.3) is 0 Å². The molecule has 0 aliphatic heterocycles. The number of rotatable bonds is 7. The first-order chi connectivity index (χ1) is 10.7. The van der Waals surface area contributed by atoms with Gasteiger partial charge in [0.2, 0.25) is 0 Å². The number of carboxylic acid groups (broad SMARTS) is 1. The highest BCUT2D eigenvalue weighted by molar-refractivity contribution is 5.88. The molecule has 1 aliphatic carbocycles. The molecule has 1 heterocycles. The van der Waals surface area contributed by atoms with Gasteiger partial charge in [0.25, 0.3) is 0 Å². The Kier molecular flexibility index (Phi) is 4.24. The molecule has 22 heavy (non-hydrogen) atoms. The lowest BCUT2D eigenvalue weighted by Crippen LogP contribution is -2.02. The van der Waals surface area contributed by atoms with Crippen LogP contribution in [0.1, 0.15) is 40.0 Å². The third kappa shape index (κ3) is 3.54. The van der Waals surface area contributed by atoms with Gasteiger partial charge in [0.1, 0.15) is 11.3 Å². The van der Waals surface area contributed by atoms with Gasteiger partial charge in [0.15, 0.2) is 0 Å². The summed E-state index contributed by atoms with van der Waals surface area (Å²) in [4.78, 5) is 11.2. The average molecular weight is 300 g/mol. The zero-order valence-corrected chi connectivity index (χ0v) is 12.7. The van der Waals surface area contributed by atoms with E-state index in [1.165, 1.54) is 31.9 Å². The third-order valence-corrected chi connectivity index (χ3v) is 3.94. The van der Waals surface area contributed by atoms with Gasteiger partial charge >= 0.3 is 5.97 Å². The predicted molar refractivity (Wildman–Crippen MR) is 81.9 cm³/mol. The number of aromatic nitrogens is 2. The summed E-state index contributed by atoms with van der Waals surface area (Å²) in [6, 6.07) is 8.50. The van der Waals surface area contributed by atoms with Crippen molar-refractivity contribution in [2.24, 2.45) is 5.92 Å². The first-order valence-corrected chi connectivity index (χ1v) is 7.52. The van der Waals surface area contributed by atoms with Gasteiger partial charge in [-0.05, 0) is 36.3 Å². The molecule has 5 heteroatoms. The molecule has 1 aliphatic rings. The quantitative estimate of drug-likeness (QED) is 0.854. The van der Waals surface area contributed by atoms with E-state index < -0.39 is 5.97 Å². The Hall–Kier alpha value is -2.14. The highest BCUT2D eigenvalue weighted by Gasteiger charge is 2.21. The minimum Gasteiger partial charge on any atom is -0.478 e. The van der Waals surface area contributed by atoms with Crippen LogP contribution in [-0.2, 0) is 24.3 Å². The fourth-order valence-electron chi connectivity index (χ4n) is 2.59. The van der Waals surface area contributed by atoms with E-state index in [9.17, 15) is 9.90 Å². The fourth-order valence-corrected chi connectivity index (χ4v) is 2.59. The van der Waals surface area contributed by atoms with Gasteiger partial charge in [0.05, 0.1) is 13.2 Å². The minimum absolute atomic E-state index is 0.201. The normalized spacial score (nSPS) is 14.2. The molecule has 0 bridgehead atoms. The van der Waals surface area contributed by atoms with Gasteiger partial charge in [0, 0.05) is 13.3 Å². The van der Waals surface area contributed by atoms with Crippen LogP contribution in [0.3, 0.4) is 0 Å². The van der Waals surface area contributed by atoms with Crippen molar-refractivity contribution >= 4 is 5.97 Å². The summed E-state index contributed by atoms with van der Waals surface area (Å²) in [5.41, 5.74) is 3.15. The lowest BCUT2D eigenvalue weighted by molar-refractivity contribution is 0.0691. The van der Waals surface area contributed by atoms with Crippen LogP contribution in [0.15, 0.2) is 30.5 Å². The van der Waals surface area contributed by atoms with E-state index in [0.29, 0.717) is 12.2 Å². The molecular weight excluding hydrogens is 280 g/mol. The first-order valence-electron chi connectivity index (χ1n) is 7.52. The summed E-state index contributed by atoms with van der Waals surface area (Å²) in [6.07, 6.45) is 5.45. The van der Waals surface area contributed by atoms with Crippen LogP contribution in [0.2, 0.25) is 0 Å². The van der Waals surface area contributed by atoms with Crippen molar-refractivity contribution in [2.75, 3.05) is 7.11 Å². The van der Waals surface area contributed by atoms with Gasteiger partial charge < -0.3 is 9.84 Å². The van der Waals surface area contributed by atoms with E-state index in [-0.39, 0.29) is 12.2 Å². The number of aromatic carboxylic acids is 1. The van der Waals surface area contributed by atoms with Gasteiger partial charge in [-0.25, -0.2) is 4.79 Å². The van der Waals surface area contributed by atoms with E-state index >= 15 is 0 Å². The third-order valence-electron chi connectivity index (χ3n) is 3.94. The fraction of sp³-hybridized carbons (Fsp3) is 0.412. The Morgan fingerprint density at radius 3 is 2.59 bits per heavy atom. The second-order valence-corrected chi connectivity index (χ2v) is 5.89. The molecule has 1 N–H and O–H groups in total. The molecule has 0 amide bonds. The Balaban J connectivity index is 1.71. The van der Waals surface area contributed by atoms with Crippen molar-refractivity contribution in [1.82, 2.24) is 9.78 Å². The van der Waals surface area contributed by atoms with Crippen molar-refractivity contribution < 1.29 is 14.6 Å². The molecule has 1 aromatic heterocycles. The SMILES string of the molecule is COCc1nn(Cc2ccc(CC3CC3)cc2)cc1C(=O)O. The van der Waals surface area contributed by atoms with Gasteiger partial charge in [-0.2, -0.15) is 5.10 Å². The molecule has 1 fully saturated rings. The maximum Gasteiger partial charge on any atom is 0.339 e. The molecule has 0 spiro atoms. The number of nitrogens with zero attached hydrogens (tertiary/aromatic N) is 2. The highest BCUT2D eigenvalue weighted by Crippen LogP contribution is 2.32. The van der Waals surface area contributed by atoms with Crippen molar-refractivity contribution in [1.29, 1.82) is 0 Å². The van der Waals surface area contributed by atoms with Gasteiger partial charge in [-0.3, -0.25) is 4.68 Å². The van der Waals surface area contributed by atoms with Crippen molar-refractivity contribution in [2.45, 2.75) is 32.4 Å². The number of hydrogen-bond donors (Lipinski definition) is 1. The zero-order chi connectivity index (χ0) is 15.5. The lowest BCUT2D eigenvalue weighted by atomic mass is 10.1. The van der Waals surface area contributed by atoms with Crippen LogP contribution < -0.4 is 0 Å². The average Bonchev–Trinajstić information content (AvgIpc) is 3.21. The van der Waals surface area contributed by atoms with E-state index in [2.05, 4.69) is 29.4 Å². The largest absolute Gasteiger partial charge is 0.478 e. The smallest absolute Gasteiger partial charge is 0.339 e. The maximum absolute atomic E-state index is 11.2. The summed E-state index contributed by atoms with van der Waals surface area (Å²) in [7, 11) is 1.53. The van der Waals surface area contributed by atoms with E-state index in [1.807, 2.05) is 0 Å². The standard InChI is InChI=1S/C17H20N2O3/c1-22-11-16-15(17(20)21)10-19(18-16)9-14-6-4-13(5-7-14)8-12-2-3-12/h4-7,10,12H,2-3,8-9,11H2,1H3,(H,20,21). The molecule has 1 aromatic carbocycles. The summed E-state index contributed by atoms with van der Waals surface area (Å²) in [6.45, 7) is 0.767. The lowest BCUT2D eigenvalue weighted by Gasteiger charge is -2.04. The molecule has 5 nitrogen and oxygen atoms in total. The second kappa shape index (κ2) is 6.32. The van der Waals surface area contributed by atoms with Crippen LogP contribution in [0.5, 0.6) is 0 Å². The Morgan fingerprint density at radius 2 is 2.00 bits per heavy atom. The molecule has 0 saturated heterocycles. The molecule has 3 rings (SSSR count). The van der Waals surface area contributed by atoms with Gasteiger partial charge in [-0.1, -0.05) is 24.3 Å². The highest BCUT2D eigenvalue weighted by atomic mass is 16.5. The summed E-state index contributed by atoms with van der Waals surface area (Å²) >= 11 is 0.